The molecule has 11 nitrogen and oxygen atoms in total. The lowest BCUT2D eigenvalue weighted by molar-refractivity contribution is -0.155. The summed E-state index contributed by atoms with van der Waals surface area (Å²) in [5.41, 5.74) is -0.994. The number of aliphatic hydroxyl groups excluding tert-OH is 2. The number of carbonyl (C=O) groups excluding carboxylic acids is 2. The number of carbonyl (C=O) groups is 3. The second-order valence-corrected chi connectivity index (χ2v) is 9.68. The van der Waals surface area contributed by atoms with Gasteiger partial charge in [0.2, 0.25) is 0 Å². The lowest BCUT2D eigenvalue weighted by Crippen LogP contribution is -2.68. The molecule has 1 heterocycles. The Kier molecular flexibility index (Phi) is 9.08. The van der Waals surface area contributed by atoms with Crippen LogP contribution in [0.15, 0.2) is 42.5 Å². The van der Waals surface area contributed by atoms with Crippen LogP contribution >= 0.6 is 23.2 Å². The molecule has 2 aromatic rings. The molecule has 200 valence electrons. The van der Waals surface area contributed by atoms with Crippen molar-refractivity contribution in [2.75, 3.05) is 25.1 Å². The molecule has 1 atom stereocenters. The molecule has 3 rings (SSSR count). The fourth-order valence-corrected chi connectivity index (χ4v) is 3.93. The summed E-state index contributed by atoms with van der Waals surface area (Å²) in [7, 11) is 0. The third-order valence-corrected chi connectivity index (χ3v) is 6.22. The van der Waals surface area contributed by atoms with Crippen LogP contribution in [-0.4, -0.2) is 75.3 Å². The predicted octanol–water partition coefficient (Wildman–Crippen LogP) is 3.18. The van der Waals surface area contributed by atoms with Crippen molar-refractivity contribution >= 4 is 46.9 Å². The van der Waals surface area contributed by atoms with E-state index in [4.69, 9.17) is 27.9 Å². The molecule has 0 saturated carbocycles. The van der Waals surface area contributed by atoms with E-state index in [1.807, 2.05) is 13.8 Å². The molecule has 0 aliphatic carbocycles. The highest BCUT2D eigenvalue weighted by Crippen LogP contribution is 2.30. The van der Waals surface area contributed by atoms with E-state index in [9.17, 15) is 29.7 Å². The zero-order valence-corrected chi connectivity index (χ0v) is 21.7. The van der Waals surface area contributed by atoms with Gasteiger partial charge in [0.05, 0.1) is 37.4 Å². The monoisotopic (exact) mass is 554 g/mol. The molecule has 1 aliphatic rings. The number of hydrogen-bond acceptors (Lipinski definition) is 7. The molecule has 0 aromatic heterocycles. The van der Waals surface area contributed by atoms with Gasteiger partial charge in [-0.05, 0) is 49.7 Å². The number of urea groups is 2. The fourth-order valence-electron chi connectivity index (χ4n) is 3.58. The molecule has 37 heavy (non-hydrogen) atoms. The Labute approximate surface area is 223 Å². The smallest absolute Gasteiger partial charge is 0.331 e. The number of halogens is 2. The number of nitrogens with one attached hydrogen (secondary N) is 2. The molecule has 1 fully saturated rings. The number of aliphatic hydroxyl groups is 2. The number of hydrogen-bond donors (Lipinski definition) is 5. The Bertz CT molecular complexity index is 1140. The number of ether oxygens (including phenoxy) is 1. The lowest BCUT2D eigenvalue weighted by atomic mass is 9.89. The van der Waals surface area contributed by atoms with E-state index in [0.29, 0.717) is 31.9 Å². The van der Waals surface area contributed by atoms with Crippen molar-refractivity contribution in [1.29, 1.82) is 0 Å². The number of amides is 4. The summed E-state index contributed by atoms with van der Waals surface area (Å²) in [6.45, 7) is 0.995. The maximum absolute atomic E-state index is 13.5. The number of carboxylic acid groups (broad SMARTS) is 1. The largest absolute Gasteiger partial charge is 0.489 e. The molecule has 13 heteroatoms. The molecule has 2 aromatic carbocycles. The van der Waals surface area contributed by atoms with Gasteiger partial charge in [0.1, 0.15) is 11.2 Å². The maximum Gasteiger partial charge on any atom is 0.331 e. The van der Waals surface area contributed by atoms with Crippen LogP contribution in [0.3, 0.4) is 0 Å². The molecule has 0 bridgehead atoms. The summed E-state index contributed by atoms with van der Waals surface area (Å²) in [6.07, 6.45) is -1.15. The second-order valence-electron chi connectivity index (χ2n) is 8.83. The van der Waals surface area contributed by atoms with Crippen LogP contribution in [0.4, 0.5) is 15.3 Å². The standard InChI is InChI=1S/C24H28Cl2N4O7/c1-14(2)37-19-8-7-17(9-18(19)26)27-21-28-22(35)30(11-24(12-31,13-32)20(33)34)23(36)29(21)10-15-3-5-16(25)6-4-15/h3-9,14,21,27,31-32H,10-13H2,1-2H3,(H,28,35)(H,33,34). The van der Waals surface area contributed by atoms with Crippen molar-refractivity contribution in [1.82, 2.24) is 15.1 Å². The van der Waals surface area contributed by atoms with Crippen LogP contribution in [0.1, 0.15) is 19.4 Å². The summed E-state index contributed by atoms with van der Waals surface area (Å²) in [5.74, 6) is -1.09. The van der Waals surface area contributed by atoms with Gasteiger partial charge in [0.25, 0.3) is 0 Å². The van der Waals surface area contributed by atoms with Crippen molar-refractivity contribution in [3.63, 3.8) is 0 Å². The van der Waals surface area contributed by atoms with Crippen molar-refractivity contribution in [2.24, 2.45) is 5.41 Å². The molecule has 0 radical (unpaired) electrons. The number of imide groups is 1. The normalized spacial score (nSPS) is 16.1. The zero-order valence-electron chi connectivity index (χ0n) is 20.1. The summed E-state index contributed by atoms with van der Waals surface area (Å²) in [5, 5.41) is 35.3. The number of nitrogens with zero attached hydrogens (tertiary/aromatic N) is 2. The van der Waals surface area contributed by atoms with Crippen molar-refractivity contribution in [3.05, 3.63) is 58.1 Å². The van der Waals surface area contributed by atoms with E-state index in [0.717, 1.165) is 0 Å². The number of carboxylic acids is 1. The SMILES string of the molecule is CC(C)Oc1ccc(NC2NC(=O)N(CC(CO)(CO)C(=O)O)C(=O)N2Cc2ccc(Cl)cc2)cc1Cl. The molecule has 0 spiro atoms. The van der Waals surface area contributed by atoms with Crippen molar-refractivity contribution in [2.45, 2.75) is 32.8 Å². The lowest BCUT2D eigenvalue weighted by Gasteiger charge is -2.43. The van der Waals surface area contributed by atoms with Gasteiger partial charge in [-0.1, -0.05) is 35.3 Å². The van der Waals surface area contributed by atoms with Gasteiger partial charge in [-0.2, -0.15) is 0 Å². The average molecular weight is 555 g/mol. The van der Waals surface area contributed by atoms with E-state index in [1.165, 1.54) is 4.90 Å². The van der Waals surface area contributed by atoms with Crippen LogP contribution in [0.5, 0.6) is 5.75 Å². The third-order valence-electron chi connectivity index (χ3n) is 5.68. The van der Waals surface area contributed by atoms with Crippen LogP contribution in [0.2, 0.25) is 10.0 Å². The number of rotatable bonds is 11. The minimum atomic E-state index is -2.14. The molecule has 5 N–H and O–H groups in total. The molecule has 4 amide bonds. The number of aliphatic carboxylic acids is 1. The molecule has 1 aliphatic heterocycles. The van der Waals surface area contributed by atoms with Gasteiger partial charge in [0.15, 0.2) is 6.29 Å². The highest BCUT2D eigenvalue weighted by atomic mass is 35.5. The Morgan fingerprint density at radius 2 is 1.78 bits per heavy atom. The maximum atomic E-state index is 13.5. The fraction of sp³-hybridized carbons (Fsp3) is 0.375. The number of anilines is 1. The average Bonchev–Trinajstić information content (AvgIpc) is 2.84. The molecule has 1 saturated heterocycles. The van der Waals surface area contributed by atoms with Gasteiger partial charge in [-0.15, -0.1) is 0 Å². The van der Waals surface area contributed by atoms with Gasteiger partial charge in [-0.25, -0.2) is 14.5 Å². The summed E-state index contributed by atoms with van der Waals surface area (Å²) >= 11 is 12.3. The van der Waals surface area contributed by atoms with E-state index < -0.39 is 49.5 Å². The van der Waals surface area contributed by atoms with Crippen LogP contribution in [0, 0.1) is 5.41 Å². The topological polar surface area (TPSA) is 152 Å². The Morgan fingerprint density at radius 3 is 2.32 bits per heavy atom. The minimum Gasteiger partial charge on any atom is -0.489 e. The van der Waals surface area contributed by atoms with E-state index in [1.54, 1.807) is 42.5 Å². The first-order chi connectivity index (χ1) is 17.5. The van der Waals surface area contributed by atoms with Gasteiger partial charge in [-0.3, -0.25) is 15.0 Å². The van der Waals surface area contributed by atoms with E-state index in [2.05, 4.69) is 10.6 Å². The predicted molar refractivity (Wildman–Crippen MR) is 136 cm³/mol. The van der Waals surface area contributed by atoms with Gasteiger partial charge < -0.3 is 25.4 Å². The molecular weight excluding hydrogens is 527 g/mol. The number of benzene rings is 2. The quantitative estimate of drug-likeness (QED) is 0.284. The van der Waals surface area contributed by atoms with Gasteiger partial charge >= 0.3 is 18.0 Å². The van der Waals surface area contributed by atoms with E-state index in [-0.39, 0.29) is 12.6 Å². The summed E-state index contributed by atoms with van der Waals surface area (Å²) in [4.78, 5) is 40.1. The molecule has 1 unspecified atom stereocenters. The van der Waals surface area contributed by atoms with Crippen LogP contribution in [0.25, 0.3) is 0 Å². The van der Waals surface area contributed by atoms with Crippen LogP contribution < -0.4 is 15.4 Å². The summed E-state index contributed by atoms with van der Waals surface area (Å²) < 4.78 is 5.63. The first-order valence-corrected chi connectivity index (χ1v) is 12.1. The minimum absolute atomic E-state index is 0.00501. The third kappa shape index (κ3) is 6.55. The van der Waals surface area contributed by atoms with Gasteiger partial charge in [0, 0.05) is 10.7 Å². The Balaban J connectivity index is 1.92. The van der Waals surface area contributed by atoms with Crippen LogP contribution in [-0.2, 0) is 11.3 Å². The Hall–Kier alpha value is -3.25. The first-order valence-electron chi connectivity index (χ1n) is 11.3. The highest BCUT2D eigenvalue weighted by Gasteiger charge is 2.46. The van der Waals surface area contributed by atoms with E-state index >= 15 is 0 Å². The summed E-state index contributed by atoms with van der Waals surface area (Å²) in [6, 6.07) is 9.83. The van der Waals surface area contributed by atoms with Crippen molar-refractivity contribution in [3.8, 4) is 5.75 Å². The molecular formula is C24H28Cl2N4O7. The zero-order chi connectivity index (χ0) is 27.3. The first kappa shape index (κ1) is 28.3. The highest BCUT2D eigenvalue weighted by molar-refractivity contribution is 6.32. The Morgan fingerprint density at radius 1 is 1.14 bits per heavy atom. The second kappa shape index (κ2) is 11.9. The van der Waals surface area contributed by atoms with Crippen molar-refractivity contribution < 1.29 is 34.4 Å².